The van der Waals surface area contributed by atoms with Gasteiger partial charge in [-0.1, -0.05) is 19.8 Å². The molecule has 6 heteroatoms. The summed E-state index contributed by atoms with van der Waals surface area (Å²) in [6.45, 7) is 12.2. The van der Waals surface area contributed by atoms with Gasteiger partial charge in [0.15, 0.2) is 0 Å². The lowest BCUT2D eigenvalue weighted by Crippen LogP contribution is -2.47. The van der Waals surface area contributed by atoms with Crippen molar-refractivity contribution in [3.63, 3.8) is 0 Å². The quantitative estimate of drug-likeness (QED) is 0.771. The van der Waals surface area contributed by atoms with Crippen LogP contribution in [-0.2, 0) is 4.79 Å². The number of aromatic nitrogens is 2. The van der Waals surface area contributed by atoms with Crippen LogP contribution in [0.4, 0.5) is 5.82 Å². The smallest absolute Gasteiger partial charge is 0.242 e. The first kappa shape index (κ1) is 21.3. The van der Waals surface area contributed by atoms with Crippen LogP contribution >= 0.6 is 0 Å². The molecule has 3 heterocycles. The number of anilines is 1. The number of rotatable bonds is 7. The van der Waals surface area contributed by atoms with Crippen molar-refractivity contribution in [3.05, 3.63) is 12.3 Å². The van der Waals surface area contributed by atoms with E-state index in [-0.39, 0.29) is 18.0 Å². The Morgan fingerprint density at radius 1 is 1.14 bits per heavy atom. The van der Waals surface area contributed by atoms with Crippen molar-refractivity contribution in [2.24, 2.45) is 5.92 Å². The van der Waals surface area contributed by atoms with Crippen LogP contribution in [0.15, 0.2) is 12.3 Å². The number of hydrogen-bond acceptors (Lipinski definition) is 4. The largest absolute Gasteiger partial charge is 0.310 e. The molecule has 0 bridgehead atoms. The van der Waals surface area contributed by atoms with Gasteiger partial charge in [-0.05, 0) is 78.0 Å². The minimum Gasteiger partial charge on any atom is -0.310 e. The van der Waals surface area contributed by atoms with E-state index in [1.807, 2.05) is 17.7 Å². The van der Waals surface area contributed by atoms with Crippen LogP contribution in [0.1, 0.15) is 71.8 Å². The third kappa shape index (κ3) is 5.57. The lowest BCUT2D eigenvalue weighted by atomic mass is 9.95. The van der Waals surface area contributed by atoms with Crippen molar-refractivity contribution in [2.45, 2.75) is 77.8 Å². The van der Waals surface area contributed by atoms with Gasteiger partial charge in [0.1, 0.15) is 5.82 Å². The fourth-order valence-corrected chi connectivity index (χ4v) is 4.54. The molecule has 158 valence electrons. The Kier molecular flexibility index (Phi) is 7.91. The third-order valence-corrected chi connectivity index (χ3v) is 6.72. The topological polar surface area (TPSA) is 53.4 Å². The lowest BCUT2D eigenvalue weighted by molar-refractivity contribution is -0.121. The summed E-state index contributed by atoms with van der Waals surface area (Å²) in [5, 5.41) is 7.47. The van der Waals surface area contributed by atoms with E-state index >= 15 is 0 Å². The first-order valence-electron chi connectivity index (χ1n) is 11.4. The highest BCUT2D eigenvalue weighted by Gasteiger charge is 2.28. The van der Waals surface area contributed by atoms with Crippen molar-refractivity contribution in [1.82, 2.24) is 19.6 Å². The van der Waals surface area contributed by atoms with E-state index in [2.05, 4.69) is 34.1 Å². The number of nitrogens with one attached hydrogen (secondary N) is 1. The fourth-order valence-electron chi connectivity index (χ4n) is 4.54. The van der Waals surface area contributed by atoms with Gasteiger partial charge in [-0.2, -0.15) is 5.10 Å². The van der Waals surface area contributed by atoms with E-state index in [0.29, 0.717) is 0 Å². The monoisotopic (exact) mass is 389 g/mol. The van der Waals surface area contributed by atoms with Crippen molar-refractivity contribution in [3.8, 4) is 0 Å². The first-order chi connectivity index (χ1) is 13.6. The molecule has 1 N–H and O–H groups in total. The van der Waals surface area contributed by atoms with E-state index < -0.39 is 0 Å². The van der Waals surface area contributed by atoms with Gasteiger partial charge in [0.2, 0.25) is 5.91 Å². The highest BCUT2D eigenvalue weighted by Crippen LogP contribution is 2.23. The number of amides is 1. The Hall–Kier alpha value is -1.40. The second-order valence-corrected chi connectivity index (χ2v) is 8.78. The number of hydrogen-bond donors (Lipinski definition) is 1. The highest BCUT2D eigenvalue weighted by molar-refractivity contribution is 5.93. The number of carbonyl (C=O) groups excluding carboxylic acids is 1. The van der Waals surface area contributed by atoms with Crippen LogP contribution < -0.4 is 5.32 Å². The molecular formula is C22H39N5O. The summed E-state index contributed by atoms with van der Waals surface area (Å²) in [5.41, 5.74) is 0. The predicted octanol–water partition coefficient (Wildman–Crippen LogP) is 3.77. The van der Waals surface area contributed by atoms with Gasteiger partial charge >= 0.3 is 0 Å². The summed E-state index contributed by atoms with van der Waals surface area (Å²) in [6, 6.07) is 2.08. The number of nitrogens with zero attached hydrogens (tertiary/aromatic N) is 4. The van der Waals surface area contributed by atoms with Crippen LogP contribution in [-0.4, -0.2) is 64.3 Å². The van der Waals surface area contributed by atoms with Gasteiger partial charge in [0.05, 0.1) is 18.3 Å². The van der Waals surface area contributed by atoms with E-state index in [9.17, 15) is 4.79 Å². The van der Waals surface area contributed by atoms with Gasteiger partial charge in [-0.25, -0.2) is 4.68 Å². The minimum atomic E-state index is -0.0978. The molecule has 6 nitrogen and oxygen atoms in total. The number of likely N-dealkylation sites (tertiary alicyclic amines) is 2. The zero-order valence-corrected chi connectivity index (χ0v) is 18.1. The summed E-state index contributed by atoms with van der Waals surface area (Å²) in [5.74, 6) is 1.68. The van der Waals surface area contributed by atoms with E-state index in [4.69, 9.17) is 0 Å². The summed E-state index contributed by atoms with van der Waals surface area (Å²) < 4.78 is 1.91. The molecule has 1 aromatic rings. The Labute approximate surface area is 170 Å². The summed E-state index contributed by atoms with van der Waals surface area (Å²) in [6.07, 6.45) is 10.7. The molecule has 0 saturated carbocycles. The van der Waals surface area contributed by atoms with E-state index in [1.54, 1.807) is 6.20 Å². The standard InChI is InChI=1S/C22H39N5O/c1-4-18(2)27-21(9-12-23-27)24-22(28)19(3)26-15-10-20(11-16-26)17-25-13-7-5-6-8-14-25/h9,12,18-20H,4-8,10-11,13-17H2,1-3H3,(H,24,28)/t18-,19-/m0/s1. The van der Waals surface area contributed by atoms with Crippen molar-refractivity contribution in [2.75, 3.05) is 38.0 Å². The summed E-state index contributed by atoms with van der Waals surface area (Å²) >= 11 is 0. The Morgan fingerprint density at radius 2 is 1.82 bits per heavy atom. The molecule has 0 spiro atoms. The molecule has 0 aliphatic carbocycles. The molecule has 2 aliphatic heterocycles. The van der Waals surface area contributed by atoms with Crippen LogP contribution in [0.2, 0.25) is 0 Å². The third-order valence-electron chi connectivity index (χ3n) is 6.72. The van der Waals surface area contributed by atoms with Crippen molar-refractivity contribution >= 4 is 11.7 Å². The average molecular weight is 390 g/mol. The molecule has 0 aromatic carbocycles. The summed E-state index contributed by atoms with van der Waals surface area (Å²) in [7, 11) is 0. The molecule has 1 aromatic heterocycles. The molecule has 2 aliphatic rings. The fraction of sp³-hybridized carbons (Fsp3) is 0.818. The molecule has 0 unspecified atom stereocenters. The average Bonchev–Trinajstić information content (AvgIpc) is 3.02. The van der Waals surface area contributed by atoms with Gasteiger partial charge in [-0.3, -0.25) is 9.69 Å². The molecule has 28 heavy (non-hydrogen) atoms. The molecule has 2 atom stereocenters. The van der Waals surface area contributed by atoms with Crippen molar-refractivity contribution < 1.29 is 4.79 Å². The first-order valence-corrected chi connectivity index (χ1v) is 11.4. The van der Waals surface area contributed by atoms with E-state index in [1.165, 1.54) is 58.2 Å². The SMILES string of the molecule is CC[C@H](C)n1nccc1NC(=O)[C@H](C)N1CCC(CN2CCCCCC2)CC1. The Balaban J connectivity index is 1.46. The Morgan fingerprint density at radius 3 is 2.46 bits per heavy atom. The van der Waals surface area contributed by atoms with Crippen LogP contribution in [0.5, 0.6) is 0 Å². The Bertz CT molecular complexity index is 600. The van der Waals surface area contributed by atoms with Gasteiger partial charge in [0.25, 0.3) is 0 Å². The van der Waals surface area contributed by atoms with Gasteiger partial charge in [0, 0.05) is 12.6 Å². The molecule has 2 fully saturated rings. The zero-order valence-electron chi connectivity index (χ0n) is 18.1. The zero-order chi connectivity index (χ0) is 19.9. The maximum absolute atomic E-state index is 12.8. The number of carbonyl (C=O) groups is 1. The van der Waals surface area contributed by atoms with Crippen LogP contribution in [0, 0.1) is 5.92 Å². The second-order valence-electron chi connectivity index (χ2n) is 8.78. The summed E-state index contributed by atoms with van der Waals surface area (Å²) in [4.78, 5) is 17.8. The number of piperidine rings is 1. The van der Waals surface area contributed by atoms with Gasteiger partial charge < -0.3 is 10.2 Å². The molecular weight excluding hydrogens is 350 g/mol. The minimum absolute atomic E-state index is 0.0796. The van der Waals surface area contributed by atoms with E-state index in [0.717, 1.165) is 31.2 Å². The normalized spacial score (nSPS) is 22.5. The highest BCUT2D eigenvalue weighted by atomic mass is 16.2. The molecule has 2 saturated heterocycles. The maximum Gasteiger partial charge on any atom is 0.242 e. The molecule has 3 rings (SSSR count). The van der Waals surface area contributed by atoms with Crippen molar-refractivity contribution in [1.29, 1.82) is 0 Å². The molecule has 1 amide bonds. The van der Waals surface area contributed by atoms with Gasteiger partial charge in [-0.15, -0.1) is 0 Å². The maximum atomic E-state index is 12.8. The molecule has 0 radical (unpaired) electrons. The van der Waals surface area contributed by atoms with Crippen LogP contribution in [0.25, 0.3) is 0 Å². The predicted molar refractivity (Wildman–Crippen MR) is 115 cm³/mol. The second kappa shape index (κ2) is 10.4. The van der Waals surface area contributed by atoms with Crippen LogP contribution in [0.3, 0.4) is 0 Å². The lowest BCUT2D eigenvalue weighted by Gasteiger charge is -2.37.